The van der Waals surface area contributed by atoms with Gasteiger partial charge in [-0.05, 0) is 26.8 Å². The van der Waals surface area contributed by atoms with E-state index in [4.69, 9.17) is 0 Å². The molecule has 2 unspecified atom stereocenters. The molecule has 0 bridgehead atoms. The Morgan fingerprint density at radius 3 is 2.39 bits per heavy atom. The Kier molecular flexibility index (Phi) is 9.39. The maximum atomic E-state index is 4.15. The molecule has 2 atom stereocenters. The first-order valence-corrected chi connectivity index (χ1v) is 7.01. The van der Waals surface area contributed by atoms with Crippen molar-refractivity contribution in [3.05, 3.63) is 36.6 Å². The first-order valence-electron chi connectivity index (χ1n) is 7.01. The van der Waals surface area contributed by atoms with Crippen LogP contribution >= 0.6 is 0 Å². The second-order valence-corrected chi connectivity index (χ2v) is 4.89. The van der Waals surface area contributed by atoms with Gasteiger partial charge in [-0.25, -0.2) is 0 Å². The molecule has 0 aromatic heterocycles. The van der Waals surface area contributed by atoms with Gasteiger partial charge in [0.2, 0.25) is 0 Å². The summed E-state index contributed by atoms with van der Waals surface area (Å²) in [5.41, 5.74) is 2.10. The van der Waals surface area contributed by atoms with Crippen LogP contribution in [-0.4, -0.2) is 19.1 Å². The SMILES string of the molecule is C=C(C)/C=C\C(NC)C(=C)NC(CC)CCCC. The van der Waals surface area contributed by atoms with Crippen molar-refractivity contribution in [1.29, 1.82) is 0 Å². The first-order chi connectivity index (χ1) is 8.54. The Labute approximate surface area is 113 Å². The highest BCUT2D eigenvalue weighted by atomic mass is 15.0. The Balaban J connectivity index is 4.36. The lowest BCUT2D eigenvalue weighted by atomic mass is 10.1. The van der Waals surface area contributed by atoms with Crippen molar-refractivity contribution >= 4 is 0 Å². The van der Waals surface area contributed by atoms with Gasteiger partial charge < -0.3 is 10.6 Å². The molecule has 0 amide bonds. The number of allylic oxidation sites excluding steroid dienone is 2. The summed E-state index contributed by atoms with van der Waals surface area (Å²) < 4.78 is 0. The highest BCUT2D eigenvalue weighted by Gasteiger charge is 2.11. The van der Waals surface area contributed by atoms with Crippen molar-refractivity contribution in [2.24, 2.45) is 0 Å². The summed E-state index contributed by atoms with van der Waals surface area (Å²) in [4.78, 5) is 0. The molecule has 18 heavy (non-hydrogen) atoms. The molecule has 2 nitrogen and oxygen atoms in total. The van der Waals surface area contributed by atoms with Crippen molar-refractivity contribution in [1.82, 2.24) is 10.6 Å². The molecular weight excluding hydrogens is 220 g/mol. The summed E-state index contributed by atoms with van der Waals surface area (Å²) in [6.45, 7) is 14.5. The third-order valence-electron chi connectivity index (χ3n) is 3.05. The van der Waals surface area contributed by atoms with Crippen LogP contribution in [0.1, 0.15) is 46.5 Å². The van der Waals surface area contributed by atoms with Gasteiger partial charge in [0.15, 0.2) is 0 Å². The van der Waals surface area contributed by atoms with E-state index < -0.39 is 0 Å². The molecule has 0 radical (unpaired) electrons. The molecule has 0 rings (SSSR count). The van der Waals surface area contributed by atoms with Crippen LogP contribution in [0.3, 0.4) is 0 Å². The zero-order chi connectivity index (χ0) is 14.0. The number of hydrogen-bond donors (Lipinski definition) is 2. The van der Waals surface area contributed by atoms with Crippen molar-refractivity contribution in [3.63, 3.8) is 0 Å². The van der Waals surface area contributed by atoms with Crippen LogP contribution < -0.4 is 10.6 Å². The monoisotopic (exact) mass is 250 g/mol. The third-order valence-corrected chi connectivity index (χ3v) is 3.05. The minimum Gasteiger partial charge on any atom is -0.385 e. The molecule has 0 aliphatic carbocycles. The van der Waals surface area contributed by atoms with Crippen LogP contribution in [0, 0.1) is 0 Å². The molecule has 0 saturated heterocycles. The topological polar surface area (TPSA) is 24.1 Å². The Bertz CT molecular complexity index is 279. The van der Waals surface area contributed by atoms with Gasteiger partial charge >= 0.3 is 0 Å². The maximum absolute atomic E-state index is 4.15. The molecule has 0 aliphatic heterocycles. The molecule has 104 valence electrons. The molecule has 2 N–H and O–H groups in total. The van der Waals surface area contributed by atoms with E-state index >= 15 is 0 Å². The minimum absolute atomic E-state index is 0.164. The summed E-state index contributed by atoms with van der Waals surface area (Å²) >= 11 is 0. The predicted molar refractivity (Wildman–Crippen MR) is 82.7 cm³/mol. The van der Waals surface area contributed by atoms with Crippen LogP contribution in [0.2, 0.25) is 0 Å². The third kappa shape index (κ3) is 7.33. The second kappa shape index (κ2) is 9.95. The van der Waals surface area contributed by atoms with E-state index in [1.807, 2.05) is 20.0 Å². The molecule has 0 heterocycles. The summed E-state index contributed by atoms with van der Waals surface area (Å²) in [6, 6.07) is 0.698. The van der Waals surface area contributed by atoms with E-state index in [2.05, 4.69) is 43.7 Å². The van der Waals surface area contributed by atoms with Crippen LogP contribution in [0.4, 0.5) is 0 Å². The lowest BCUT2D eigenvalue weighted by molar-refractivity contribution is 0.475. The Hall–Kier alpha value is -1.02. The van der Waals surface area contributed by atoms with Gasteiger partial charge in [0, 0.05) is 11.7 Å². The summed E-state index contributed by atoms with van der Waals surface area (Å²) in [5, 5.41) is 6.79. The van der Waals surface area contributed by atoms with E-state index in [9.17, 15) is 0 Å². The normalized spacial score (nSPS) is 14.4. The summed E-state index contributed by atoms with van der Waals surface area (Å²) in [5.74, 6) is 0. The van der Waals surface area contributed by atoms with Gasteiger partial charge in [-0.2, -0.15) is 0 Å². The number of likely N-dealkylation sites (N-methyl/N-ethyl adjacent to an activating group) is 1. The molecule has 0 fully saturated rings. The van der Waals surface area contributed by atoms with E-state index in [1.54, 1.807) is 0 Å². The Morgan fingerprint density at radius 1 is 1.28 bits per heavy atom. The van der Waals surface area contributed by atoms with Crippen molar-refractivity contribution < 1.29 is 0 Å². The zero-order valence-corrected chi connectivity index (χ0v) is 12.6. The number of unbranched alkanes of at least 4 members (excludes halogenated alkanes) is 1. The van der Waals surface area contributed by atoms with Gasteiger partial charge in [0.1, 0.15) is 0 Å². The highest BCUT2D eigenvalue weighted by molar-refractivity contribution is 5.20. The largest absolute Gasteiger partial charge is 0.385 e. The Morgan fingerprint density at radius 2 is 1.94 bits per heavy atom. The molecule has 0 saturated carbocycles. The molecular formula is C16H30N2. The molecule has 2 heteroatoms. The van der Waals surface area contributed by atoms with Crippen molar-refractivity contribution in [2.45, 2.75) is 58.5 Å². The van der Waals surface area contributed by atoms with E-state index in [1.165, 1.54) is 19.3 Å². The molecule has 0 spiro atoms. The van der Waals surface area contributed by atoms with E-state index in [0.717, 1.165) is 17.7 Å². The molecule has 0 aromatic rings. The van der Waals surface area contributed by atoms with Gasteiger partial charge in [0.25, 0.3) is 0 Å². The summed E-state index contributed by atoms with van der Waals surface area (Å²) in [7, 11) is 1.95. The first kappa shape index (κ1) is 17.0. The quantitative estimate of drug-likeness (QED) is 0.577. The van der Waals surface area contributed by atoms with Crippen molar-refractivity contribution in [2.75, 3.05) is 7.05 Å². The lowest BCUT2D eigenvalue weighted by Crippen LogP contribution is -2.37. The fourth-order valence-electron chi connectivity index (χ4n) is 1.83. The van der Waals surface area contributed by atoms with Gasteiger partial charge in [-0.3, -0.25) is 0 Å². The minimum atomic E-state index is 0.164. The van der Waals surface area contributed by atoms with Crippen molar-refractivity contribution in [3.8, 4) is 0 Å². The fourth-order valence-corrected chi connectivity index (χ4v) is 1.83. The van der Waals surface area contributed by atoms with Gasteiger partial charge in [-0.1, -0.05) is 57.6 Å². The zero-order valence-electron chi connectivity index (χ0n) is 12.6. The van der Waals surface area contributed by atoms with Crippen LogP contribution in [-0.2, 0) is 0 Å². The smallest absolute Gasteiger partial charge is 0.0650 e. The number of hydrogen-bond acceptors (Lipinski definition) is 2. The standard InChI is InChI=1S/C16H30N2/c1-7-9-10-15(8-2)18-14(5)16(17-6)12-11-13(3)4/h11-12,15-18H,3,5,7-10H2,1-2,4,6H3/b12-11-. The van der Waals surface area contributed by atoms with Gasteiger partial charge in [-0.15, -0.1) is 0 Å². The average molecular weight is 250 g/mol. The molecule has 0 aromatic carbocycles. The van der Waals surface area contributed by atoms with Crippen LogP contribution in [0.25, 0.3) is 0 Å². The lowest BCUT2D eigenvalue weighted by Gasteiger charge is -2.24. The van der Waals surface area contributed by atoms with Gasteiger partial charge in [0.05, 0.1) is 6.04 Å². The second-order valence-electron chi connectivity index (χ2n) is 4.89. The van der Waals surface area contributed by atoms with Crippen LogP contribution in [0.15, 0.2) is 36.6 Å². The number of nitrogens with one attached hydrogen (secondary N) is 2. The highest BCUT2D eigenvalue weighted by Crippen LogP contribution is 2.08. The predicted octanol–water partition coefficient (Wildman–Crippen LogP) is 3.78. The fraction of sp³-hybridized carbons (Fsp3) is 0.625. The summed E-state index contributed by atoms with van der Waals surface area (Å²) in [6.07, 6.45) is 9.00. The average Bonchev–Trinajstić information content (AvgIpc) is 2.34. The van der Waals surface area contributed by atoms with E-state index in [0.29, 0.717) is 6.04 Å². The maximum Gasteiger partial charge on any atom is 0.0650 e. The number of rotatable bonds is 10. The molecule has 0 aliphatic rings. The van der Waals surface area contributed by atoms with E-state index in [-0.39, 0.29) is 6.04 Å². The van der Waals surface area contributed by atoms with Crippen LogP contribution in [0.5, 0.6) is 0 Å².